The van der Waals surface area contributed by atoms with Crippen LogP contribution in [0.5, 0.6) is 5.75 Å². The number of carbonyl (C=O) groups is 2. The van der Waals surface area contributed by atoms with Crippen LogP contribution in [0.15, 0.2) is 54.6 Å². The van der Waals surface area contributed by atoms with Crippen molar-refractivity contribution in [3.63, 3.8) is 0 Å². The van der Waals surface area contributed by atoms with E-state index in [4.69, 9.17) is 9.47 Å². The summed E-state index contributed by atoms with van der Waals surface area (Å²) in [7, 11) is 0. The number of hydrogen-bond acceptors (Lipinski definition) is 4. The van der Waals surface area contributed by atoms with Crippen LogP contribution >= 0.6 is 0 Å². The Balaban J connectivity index is 1.99. The molecule has 0 fully saturated rings. The Morgan fingerprint density at radius 2 is 1.64 bits per heavy atom. The van der Waals surface area contributed by atoms with E-state index in [0.29, 0.717) is 17.6 Å². The van der Waals surface area contributed by atoms with E-state index in [2.05, 4.69) is 0 Å². The Labute approximate surface area is 129 Å². The topological polar surface area (TPSA) is 52.6 Å². The fourth-order valence-electron chi connectivity index (χ4n) is 1.99. The van der Waals surface area contributed by atoms with E-state index in [1.807, 2.05) is 30.3 Å². The molecule has 0 amide bonds. The third kappa shape index (κ3) is 3.95. The molecule has 0 heterocycles. The molecule has 0 saturated heterocycles. The minimum atomic E-state index is -0.799. The number of benzene rings is 2. The van der Waals surface area contributed by atoms with E-state index in [1.165, 1.54) is 0 Å². The van der Waals surface area contributed by atoms with Gasteiger partial charge in [-0.25, -0.2) is 4.79 Å². The highest BCUT2D eigenvalue weighted by molar-refractivity contribution is 5.80. The van der Waals surface area contributed by atoms with Crippen LogP contribution in [-0.2, 0) is 9.53 Å². The van der Waals surface area contributed by atoms with Gasteiger partial charge in [-0.2, -0.15) is 0 Å². The lowest BCUT2D eigenvalue weighted by Crippen LogP contribution is -2.27. The third-order valence-electron chi connectivity index (χ3n) is 3.24. The first-order chi connectivity index (χ1) is 10.6. The van der Waals surface area contributed by atoms with Crippen molar-refractivity contribution < 1.29 is 19.1 Å². The Bertz CT molecular complexity index is 637. The molecule has 0 aliphatic heterocycles. The van der Waals surface area contributed by atoms with Crippen LogP contribution in [0.3, 0.4) is 0 Å². The quantitative estimate of drug-likeness (QED) is 0.604. The molecule has 0 aliphatic rings. The van der Waals surface area contributed by atoms with Crippen LogP contribution in [0.4, 0.5) is 0 Å². The van der Waals surface area contributed by atoms with Gasteiger partial charge in [0, 0.05) is 0 Å². The summed E-state index contributed by atoms with van der Waals surface area (Å²) in [4.78, 5) is 23.0. The maximum atomic E-state index is 12.1. The van der Waals surface area contributed by atoms with Crippen LogP contribution in [0.1, 0.15) is 35.9 Å². The Kier molecular flexibility index (Phi) is 5.31. The summed E-state index contributed by atoms with van der Waals surface area (Å²) < 4.78 is 10.9. The molecule has 2 aromatic rings. The van der Waals surface area contributed by atoms with Gasteiger partial charge in [0.15, 0.2) is 12.4 Å². The number of aldehydes is 1. The van der Waals surface area contributed by atoms with Crippen molar-refractivity contribution in [3.05, 3.63) is 65.7 Å². The van der Waals surface area contributed by atoms with Crippen LogP contribution in [0, 0.1) is 0 Å². The zero-order chi connectivity index (χ0) is 15.9. The number of hydrogen-bond donors (Lipinski definition) is 0. The highest BCUT2D eigenvalue weighted by Gasteiger charge is 2.20. The summed E-state index contributed by atoms with van der Waals surface area (Å²) in [5.74, 6) is -0.105. The average Bonchev–Trinajstić information content (AvgIpc) is 2.56. The Morgan fingerprint density at radius 1 is 1.00 bits per heavy atom. The third-order valence-corrected chi connectivity index (χ3v) is 3.24. The normalized spacial score (nSPS) is 13.0. The second-order valence-electron chi connectivity index (χ2n) is 4.91. The molecule has 0 saturated carbocycles. The summed E-state index contributed by atoms with van der Waals surface area (Å²) in [6.07, 6.45) is -0.465. The molecule has 2 unspecified atom stereocenters. The molecule has 114 valence electrons. The van der Waals surface area contributed by atoms with E-state index in [1.54, 1.807) is 38.1 Å². The number of ether oxygens (including phenoxy) is 2. The van der Waals surface area contributed by atoms with Crippen molar-refractivity contribution in [2.75, 3.05) is 0 Å². The van der Waals surface area contributed by atoms with Crippen LogP contribution in [-0.4, -0.2) is 18.4 Å². The fourth-order valence-corrected chi connectivity index (χ4v) is 1.99. The van der Waals surface area contributed by atoms with Crippen LogP contribution in [0.2, 0.25) is 0 Å². The smallest absolute Gasteiger partial charge is 0.347 e. The standard InChI is InChI=1S/C18H18O4/c1-13(15-8-4-3-5-9-15)22-18(20)14(2)21-17-11-7-6-10-16(17)12-19/h3-14H,1-2H3. The second kappa shape index (κ2) is 7.41. The molecule has 0 aliphatic carbocycles. The maximum absolute atomic E-state index is 12.1. The van der Waals surface area contributed by atoms with Crippen molar-refractivity contribution in [2.24, 2.45) is 0 Å². The number of para-hydroxylation sites is 1. The molecule has 0 aromatic heterocycles. The Morgan fingerprint density at radius 3 is 2.32 bits per heavy atom. The molecule has 4 nitrogen and oxygen atoms in total. The summed E-state index contributed by atoms with van der Waals surface area (Å²) in [6, 6.07) is 16.2. The van der Waals surface area contributed by atoms with Crippen molar-refractivity contribution in [3.8, 4) is 5.75 Å². The molecular formula is C18H18O4. The van der Waals surface area contributed by atoms with Gasteiger partial charge in [-0.05, 0) is 31.5 Å². The average molecular weight is 298 g/mol. The molecule has 2 atom stereocenters. The summed E-state index contributed by atoms with van der Waals surface area (Å²) in [5, 5.41) is 0. The van der Waals surface area contributed by atoms with Gasteiger partial charge in [0.1, 0.15) is 11.9 Å². The number of esters is 1. The fraction of sp³-hybridized carbons (Fsp3) is 0.222. The van der Waals surface area contributed by atoms with Gasteiger partial charge >= 0.3 is 5.97 Å². The van der Waals surface area contributed by atoms with Crippen molar-refractivity contribution >= 4 is 12.3 Å². The van der Waals surface area contributed by atoms with Crippen LogP contribution < -0.4 is 4.74 Å². The lowest BCUT2D eigenvalue weighted by molar-refractivity contribution is -0.156. The summed E-state index contributed by atoms with van der Waals surface area (Å²) >= 11 is 0. The molecule has 0 bridgehead atoms. The lowest BCUT2D eigenvalue weighted by atomic mass is 10.1. The summed E-state index contributed by atoms with van der Waals surface area (Å²) in [6.45, 7) is 3.40. The Hall–Kier alpha value is -2.62. The molecule has 2 rings (SSSR count). The maximum Gasteiger partial charge on any atom is 0.347 e. The molecular weight excluding hydrogens is 280 g/mol. The van der Waals surface area contributed by atoms with Crippen LogP contribution in [0.25, 0.3) is 0 Å². The van der Waals surface area contributed by atoms with Gasteiger partial charge < -0.3 is 9.47 Å². The molecule has 0 N–H and O–H groups in total. The minimum Gasteiger partial charge on any atom is -0.478 e. The van der Waals surface area contributed by atoms with Gasteiger partial charge in [0.2, 0.25) is 0 Å². The van der Waals surface area contributed by atoms with Crippen molar-refractivity contribution in [1.29, 1.82) is 0 Å². The van der Waals surface area contributed by atoms with E-state index in [0.717, 1.165) is 5.56 Å². The van der Waals surface area contributed by atoms with Gasteiger partial charge in [-0.15, -0.1) is 0 Å². The van der Waals surface area contributed by atoms with Crippen molar-refractivity contribution in [1.82, 2.24) is 0 Å². The largest absolute Gasteiger partial charge is 0.478 e. The predicted molar refractivity (Wildman–Crippen MR) is 82.9 cm³/mol. The molecule has 22 heavy (non-hydrogen) atoms. The highest BCUT2D eigenvalue weighted by atomic mass is 16.6. The second-order valence-corrected chi connectivity index (χ2v) is 4.91. The lowest BCUT2D eigenvalue weighted by Gasteiger charge is -2.18. The molecule has 2 aromatic carbocycles. The minimum absolute atomic E-state index is 0.360. The summed E-state index contributed by atoms with van der Waals surface area (Å²) in [5.41, 5.74) is 1.31. The van der Waals surface area contributed by atoms with E-state index in [9.17, 15) is 9.59 Å². The monoisotopic (exact) mass is 298 g/mol. The zero-order valence-electron chi connectivity index (χ0n) is 12.6. The van der Waals surface area contributed by atoms with E-state index >= 15 is 0 Å². The van der Waals surface area contributed by atoms with Crippen molar-refractivity contribution in [2.45, 2.75) is 26.1 Å². The van der Waals surface area contributed by atoms with Gasteiger partial charge in [-0.3, -0.25) is 4.79 Å². The SMILES string of the molecule is CC(Oc1ccccc1C=O)C(=O)OC(C)c1ccccc1. The predicted octanol–water partition coefficient (Wildman–Crippen LogP) is 3.57. The first-order valence-electron chi connectivity index (χ1n) is 7.08. The first kappa shape index (κ1) is 15.8. The van der Waals surface area contributed by atoms with Gasteiger partial charge in [0.25, 0.3) is 0 Å². The zero-order valence-corrected chi connectivity index (χ0v) is 12.6. The number of carbonyl (C=O) groups excluding carboxylic acids is 2. The first-order valence-corrected chi connectivity index (χ1v) is 7.08. The number of rotatable bonds is 6. The molecule has 0 radical (unpaired) electrons. The van der Waals surface area contributed by atoms with Gasteiger partial charge in [-0.1, -0.05) is 42.5 Å². The molecule has 0 spiro atoms. The molecule has 4 heteroatoms. The van der Waals surface area contributed by atoms with Gasteiger partial charge in [0.05, 0.1) is 5.56 Å². The van der Waals surface area contributed by atoms with E-state index < -0.39 is 12.1 Å². The highest BCUT2D eigenvalue weighted by Crippen LogP contribution is 2.20. The van der Waals surface area contributed by atoms with E-state index in [-0.39, 0.29) is 6.10 Å².